The van der Waals surface area contributed by atoms with Crippen molar-refractivity contribution in [3.8, 4) is 5.75 Å². The van der Waals surface area contributed by atoms with Crippen molar-refractivity contribution >= 4 is 46.1 Å². The summed E-state index contributed by atoms with van der Waals surface area (Å²) >= 11 is 2.19. The number of benzene rings is 2. The number of ether oxygens (including phenoxy) is 1. The molecule has 144 valence electrons. The number of aryl methyl sites for hydroxylation is 1. The molecule has 2 aliphatic heterocycles. The van der Waals surface area contributed by atoms with Crippen LogP contribution in [0.4, 0.5) is 10.5 Å². The van der Waals surface area contributed by atoms with Crippen LogP contribution in [-0.2, 0) is 15.1 Å². The number of hydrogen-bond donors (Lipinski definition) is 2. The first-order chi connectivity index (χ1) is 13.4. The third-order valence-electron chi connectivity index (χ3n) is 5.02. The van der Waals surface area contributed by atoms with Crippen molar-refractivity contribution in [1.29, 1.82) is 0 Å². The van der Waals surface area contributed by atoms with Gasteiger partial charge in [0.05, 0.1) is 6.61 Å². The molecule has 2 heterocycles. The number of anilines is 1. The molecule has 4 rings (SSSR count). The molecule has 0 aromatic heterocycles. The fourth-order valence-electron chi connectivity index (χ4n) is 3.62. The van der Waals surface area contributed by atoms with E-state index in [-0.39, 0.29) is 6.54 Å². The van der Waals surface area contributed by atoms with Gasteiger partial charge >= 0.3 is 6.03 Å². The Morgan fingerprint density at radius 1 is 1.29 bits per heavy atom. The van der Waals surface area contributed by atoms with Crippen LogP contribution in [0.15, 0.2) is 42.5 Å². The predicted molar refractivity (Wildman–Crippen MR) is 111 cm³/mol. The third-order valence-corrected chi connectivity index (χ3v) is 5.69. The van der Waals surface area contributed by atoms with Crippen LogP contribution in [0.25, 0.3) is 0 Å². The molecule has 2 aromatic rings. The molecule has 7 nitrogen and oxygen atoms in total. The summed E-state index contributed by atoms with van der Waals surface area (Å²) in [6.07, 6.45) is 0.322. The lowest BCUT2D eigenvalue weighted by atomic mass is 9.84. The van der Waals surface area contributed by atoms with Crippen molar-refractivity contribution in [2.75, 3.05) is 18.5 Å². The van der Waals surface area contributed by atoms with E-state index in [2.05, 4.69) is 33.2 Å². The number of carbonyl (C=O) groups excluding carboxylic acids is 3. The molecule has 28 heavy (non-hydrogen) atoms. The van der Waals surface area contributed by atoms with Gasteiger partial charge in [0.1, 0.15) is 12.3 Å². The van der Waals surface area contributed by atoms with E-state index in [0.29, 0.717) is 30.0 Å². The van der Waals surface area contributed by atoms with Gasteiger partial charge in [-0.3, -0.25) is 14.5 Å². The minimum atomic E-state index is -1.18. The highest BCUT2D eigenvalue weighted by Crippen LogP contribution is 2.40. The highest BCUT2D eigenvalue weighted by molar-refractivity contribution is 14.1. The first-order valence-corrected chi connectivity index (χ1v) is 9.91. The highest BCUT2D eigenvalue weighted by atomic mass is 127. The monoisotopic (exact) mass is 491 g/mol. The zero-order valence-corrected chi connectivity index (χ0v) is 17.3. The van der Waals surface area contributed by atoms with Crippen molar-refractivity contribution in [2.45, 2.75) is 18.9 Å². The lowest BCUT2D eigenvalue weighted by Gasteiger charge is -2.33. The molecule has 0 aliphatic carbocycles. The maximum absolute atomic E-state index is 13.2. The summed E-state index contributed by atoms with van der Waals surface area (Å²) in [5.74, 6) is -0.281. The quantitative estimate of drug-likeness (QED) is 0.511. The summed E-state index contributed by atoms with van der Waals surface area (Å²) in [6, 6.07) is 12.2. The largest absolute Gasteiger partial charge is 0.493 e. The molecule has 8 heteroatoms. The minimum absolute atomic E-state index is 0.310. The van der Waals surface area contributed by atoms with Crippen LogP contribution in [0.3, 0.4) is 0 Å². The number of nitrogens with one attached hydrogen (secondary N) is 2. The van der Waals surface area contributed by atoms with E-state index in [4.69, 9.17) is 4.74 Å². The molecule has 4 amide bonds. The van der Waals surface area contributed by atoms with Gasteiger partial charge in [-0.25, -0.2) is 4.79 Å². The van der Waals surface area contributed by atoms with Crippen LogP contribution in [0, 0.1) is 10.5 Å². The van der Waals surface area contributed by atoms with Crippen LogP contribution < -0.4 is 15.4 Å². The zero-order chi connectivity index (χ0) is 19.9. The summed E-state index contributed by atoms with van der Waals surface area (Å²) in [6.45, 7) is 1.85. The van der Waals surface area contributed by atoms with E-state index in [9.17, 15) is 14.4 Å². The number of amides is 4. The molecule has 1 atom stereocenters. The van der Waals surface area contributed by atoms with Crippen LogP contribution in [0.1, 0.15) is 17.5 Å². The number of hydrogen-bond acceptors (Lipinski definition) is 4. The number of rotatable bonds is 3. The van der Waals surface area contributed by atoms with Gasteiger partial charge in [0, 0.05) is 21.2 Å². The van der Waals surface area contributed by atoms with E-state index in [0.717, 1.165) is 14.0 Å². The second-order valence-electron chi connectivity index (χ2n) is 6.83. The SMILES string of the molecule is Cc1cc(I)ccc1NC(=O)CN1C(=O)N[C@@]2(CCOc3ccccc32)C1=O. The molecule has 2 aliphatic rings. The number of carbonyl (C=O) groups is 3. The van der Waals surface area contributed by atoms with E-state index >= 15 is 0 Å². The molecule has 2 N–H and O–H groups in total. The van der Waals surface area contributed by atoms with Crippen LogP contribution in [0.2, 0.25) is 0 Å². The second kappa shape index (κ2) is 7.08. The number of fused-ring (bicyclic) bond motifs is 2. The van der Waals surface area contributed by atoms with E-state index in [1.165, 1.54) is 0 Å². The molecule has 0 unspecified atom stereocenters. The zero-order valence-electron chi connectivity index (χ0n) is 15.1. The molecule has 0 bridgehead atoms. The van der Waals surface area contributed by atoms with Gasteiger partial charge in [-0.15, -0.1) is 0 Å². The van der Waals surface area contributed by atoms with Crippen molar-refractivity contribution in [1.82, 2.24) is 10.2 Å². The van der Waals surface area contributed by atoms with Gasteiger partial charge in [0.25, 0.3) is 5.91 Å². The first-order valence-electron chi connectivity index (χ1n) is 8.83. The normalized spacial score (nSPS) is 20.6. The minimum Gasteiger partial charge on any atom is -0.493 e. The average Bonchev–Trinajstić information content (AvgIpc) is 2.89. The molecule has 2 aromatic carbocycles. The molecular formula is C20H18IN3O4. The topological polar surface area (TPSA) is 87.7 Å². The Bertz CT molecular complexity index is 993. The Morgan fingerprint density at radius 3 is 2.86 bits per heavy atom. The van der Waals surface area contributed by atoms with Crippen LogP contribution >= 0.6 is 22.6 Å². The Labute approximate surface area is 175 Å². The summed E-state index contributed by atoms with van der Waals surface area (Å²) in [5, 5.41) is 5.56. The Hall–Kier alpha value is -2.62. The third kappa shape index (κ3) is 3.11. The molecule has 0 radical (unpaired) electrons. The lowest BCUT2D eigenvalue weighted by Crippen LogP contribution is -2.48. The standard InChI is InChI=1S/C20H18IN3O4/c1-12-10-13(21)6-7-15(12)22-17(25)11-24-18(26)20(23-19(24)27)8-9-28-16-5-3-2-4-14(16)20/h2-7,10H,8-9,11H2,1H3,(H,22,25)(H,23,27)/t20-/m1/s1. The summed E-state index contributed by atoms with van der Waals surface area (Å²) in [5.41, 5.74) is 1.01. The number of para-hydroxylation sites is 1. The van der Waals surface area contributed by atoms with Gasteiger partial charge in [0.2, 0.25) is 5.91 Å². The Morgan fingerprint density at radius 2 is 2.07 bits per heavy atom. The first kappa shape index (κ1) is 18.7. The summed E-state index contributed by atoms with van der Waals surface area (Å²) < 4.78 is 6.67. The Kier molecular flexibility index (Phi) is 4.74. The van der Waals surface area contributed by atoms with Crippen molar-refractivity contribution in [3.63, 3.8) is 0 Å². The smallest absolute Gasteiger partial charge is 0.325 e. The van der Waals surface area contributed by atoms with Gasteiger partial charge in [0.15, 0.2) is 5.54 Å². The van der Waals surface area contributed by atoms with E-state index in [1.807, 2.05) is 25.1 Å². The molecule has 1 spiro atoms. The highest BCUT2D eigenvalue weighted by Gasteiger charge is 2.55. The maximum atomic E-state index is 13.2. The maximum Gasteiger partial charge on any atom is 0.325 e. The Balaban J connectivity index is 1.55. The van der Waals surface area contributed by atoms with Gasteiger partial charge < -0.3 is 15.4 Å². The number of halogens is 1. The van der Waals surface area contributed by atoms with Gasteiger partial charge in [-0.2, -0.15) is 0 Å². The van der Waals surface area contributed by atoms with Crippen molar-refractivity contribution < 1.29 is 19.1 Å². The van der Waals surface area contributed by atoms with Crippen molar-refractivity contribution in [3.05, 3.63) is 57.2 Å². The average molecular weight is 491 g/mol. The molecule has 0 saturated carbocycles. The van der Waals surface area contributed by atoms with Gasteiger partial charge in [-0.05, 0) is 59.3 Å². The van der Waals surface area contributed by atoms with Crippen molar-refractivity contribution in [2.24, 2.45) is 0 Å². The molecule has 1 saturated heterocycles. The number of urea groups is 1. The van der Waals surface area contributed by atoms with Crippen LogP contribution in [0.5, 0.6) is 5.75 Å². The molecule has 1 fully saturated rings. The summed E-state index contributed by atoms with van der Waals surface area (Å²) in [7, 11) is 0. The van der Waals surface area contributed by atoms with E-state index < -0.39 is 23.4 Å². The summed E-state index contributed by atoms with van der Waals surface area (Å²) in [4.78, 5) is 39.2. The van der Waals surface area contributed by atoms with Crippen LogP contribution in [-0.4, -0.2) is 35.9 Å². The number of nitrogens with zero attached hydrogens (tertiary/aromatic N) is 1. The fraction of sp³-hybridized carbons (Fsp3) is 0.250. The lowest BCUT2D eigenvalue weighted by molar-refractivity contribution is -0.135. The number of imide groups is 1. The fourth-order valence-corrected chi connectivity index (χ4v) is 4.26. The molecular weight excluding hydrogens is 473 g/mol. The van der Waals surface area contributed by atoms with Gasteiger partial charge in [-0.1, -0.05) is 18.2 Å². The van der Waals surface area contributed by atoms with E-state index in [1.54, 1.807) is 24.3 Å². The predicted octanol–water partition coefficient (Wildman–Crippen LogP) is 2.77. The second-order valence-corrected chi connectivity index (χ2v) is 8.07.